The van der Waals surface area contributed by atoms with Crippen molar-refractivity contribution in [2.24, 2.45) is 11.5 Å². The summed E-state index contributed by atoms with van der Waals surface area (Å²) in [4.78, 5) is 121. The highest BCUT2D eigenvalue weighted by Gasteiger charge is 2.39. The molecular formula is C51H61N9O11. The van der Waals surface area contributed by atoms with Crippen LogP contribution in [0.4, 0.5) is 0 Å². The van der Waals surface area contributed by atoms with Gasteiger partial charge in [0.05, 0.1) is 12.6 Å². The lowest BCUT2D eigenvalue weighted by atomic mass is 10.0. The fourth-order valence-electron chi connectivity index (χ4n) is 7.95. The van der Waals surface area contributed by atoms with E-state index in [0.29, 0.717) is 23.1 Å². The highest BCUT2D eigenvalue weighted by Crippen LogP contribution is 2.20. The van der Waals surface area contributed by atoms with Gasteiger partial charge < -0.3 is 58.5 Å². The van der Waals surface area contributed by atoms with Crippen molar-refractivity contribution >= 4 is 53.2 Å². The predicted molar refractivity (Wildman–Crippen MR) is 259 cm³/mol. The molecule has 20 nitrogen and oxygen atoms in total. The molecule has 5 rings (SSSR count). The lowest BCUT2D eigenvalue weighted by Crippen LogP contribution is -2.58. The second-order valence-electron chi connectivity index (χ2n) is 17.3. The summed E-state index contributed by atoms with van der Waals surface area (Å²) in [6.45, 7) is 0.869. The Morgan fingerprint density at radius 1 is 0.606 bits per heavy atom. The Morgan fingerprint density at radius 3 is 1.65 bits per heavy atom. The van der Waals surface area contributed by atoms with E-state index in [1.807, 2.05) is 0 Å². The highest BCUT2D eigenvalue weighted by atomic mass is 16.4. The number of phenolic OH excluding ortho intramolecular Hbond substituents is 1. The molecule has 1 aliphatic rings. The van der Waals surface area contributed by atoms with Crippen molar-refractivity contribution in [3.8, 4) is 5.75 Å². The molecule has 1 heterocycles. The van der Waals surface area contributed by atoms with E-state index in [2.05, 4.69) is 31.9 Å². The molecule has 8 amide bonds. The van der Waals surface area contributed by atoms with Crippen molar-refractivity contribution < 1.29 is 53.4 Å². The zero-order valence-electron chi connectivity index (χ0n) is 39.3. The van der Waals surface area contributed by atoms with E-state index < -0.39 is 102 Å². The summed E-state index contributed by atoms with van der Waals surface area (Å²) < 4.78 is 0. The van der Waals surface area contributed by atoms with Crippen LogP contribution < -0.4 is 43.4 Å². The van der Waals surface area contributed by atoms with Crippen molar-refractivity contribution in [1.82, 2.24) is 36.8 Å². The van der Waals surface area contributed by atoms with Crippen LogP contribution in [0.1, 0.15) is 54.9 Å². The van der Waals surface area contributed by atoms with Gasteiger partial charge in [-0.3, -0.25) is 38.4 Å². The number of carboxylic acid groups (broad SMARTS) is 1. The SMILES string of the molecule is C[C@H](NC(=O)[C@H](Cc1ccccc1)NC(=O)[C@H](CCC(N)=O)NC(=O)CNC(=O)[C@@H]1CCCN1C(=O)[C@H](Cc1ccccc1)NC(=O)[C@@H](N)Cc1ccc(O)cc1)C(=O)N[C@@H](Cc1ccccc1)C(=O)O. The molecule has 4 aromatic rings. The Balaban J connectivity index is 1.22. The van der Waals surface area contributed by atoms with Crippen LogP contribution in [0.2, 0.25) is 0 Å². The van der Waals surface area contributed by atoms with E-state index in [4.69, 9.17) is 11.5 Å². The average molecular weight is 976 g/mol. The summed E-state index contributed by atoms with van der Waals surface area (Å²) in [6.07, 6.45) is 0.144. The maximum absolute atomic E-state index is 14.2. The van der Waals surface area contributed by atoms with Crippen LogP contribution in [0.25, 0.3) is 0 Å². The van der Waals surface area contributed by atoms with E-state index >= 15 is 0 Å². The quantitative estimate of drug-likeness (QED) is 0.0416. The molecule has 0 aromatic heterocycles. The molecule has 0 spiro atoms. The van der Waals surface area contributed by atoms with E-state index in [-0.39, 0.29) is 57.2 Å². The first kappa shape index (κ1) is 53.8. The molecule has 1 aliphatic heterocycles. The van der Waals surface area contributed by atoms with Gasteiger partial charge >= 0.3 is 5.97 Å². The Bertz CT molecular complexity index is 2480. The van der Waals surface area contributed by atoms with Crippen LogP contribution in [-0.4, -0.2) is 124 Å². The molecule has 1 fully saturated rings. The van der Waals surface area contributed by atoms with Gasteiger partial charge in [0, 0.05) is 32.2 Å². The number of carbonyl (C=O) groups is 9. The van der Waals surface area contributed by atoms with E-state index in [1.165, 1.54) is 24.0 Å². The van der Waals surface area contributed by atoms with Crippen molar-refractivity contribution in [2.75, 3.05) is 13.1 Å². The van der Waals surface area contributed by atoms with Gasteiger partial charge in [0.15, 0.2) is 0 Å². The van der Waals surface area contributed by atoms with Gasteiger partial charge in [-0.15, -0.1) is 0 Å². The maximum atomic E-state index is 14.2. The minimum Gasteiger partial charge on any atom is -0.508 e. The zero-order chi connectivity index (χ0) is 51.5. The topological polar surface area (TPSA) is 322 Å². The Hall–Kier alpha value is -8.13. The molecule has 0 bridgehead atoms. The Morgan fingerprint density at radius 2 is 1.10 bits per heavy atom. The third kappa shape index (κ3) is 17.1. The van der Waals surface area contributed by atoms with Gasteiger partial charge in [-0.05, 0) is 67.0 Å². The number of aliphatic carboxylic acids is 1. The minimum absolute atomic E-state index is 0.0201. The number of nitrogens with zero attached hydrogens (tertiary/aromatic N) is 1. The van der Waals surface area contributed by atoms with Crippen LogP contribution in [0.3, 0.4) is 0 Å². The third-order valence-corrected chi connectivity index (χ3v) is 11.8. The number of likely N-dealkylation sites (tertiary alicyclic amines) is 1. The number of aromatic hydroxyl groups is 1. The first-order valence-electron chi connectivity index (χ1n) is 23.2. The summed E-state index contributed by atoms with van der Waals surface area (Å²) in [5, 5.41) is 34.8. The number of benzene rings is 4. The van der Waals surface area contributed by atoms with Gasteiger partial charge in [0.25, 0.3) is 0 Å². The average Bonchev–Trinajstić information content (AvgIpc) is 3.85. The number of primary amides is 1. The summed E-state index contributed by atoms with van der Waals surface area (Å²) >= 11 is 0. The number of amides is 8. The standard InChI is InChI=1S/C51H61N9O11/c1-31(45(64)59-41(51(70)71)29-34-16-9-4-10-17-34)55-48(67)39(27-32-12-5-2-6-13-32)57-47(66)38(23-24-43(53)62)56-44(63)30-54-49(68)42-18-11-25-60(42)50(69)40(28-33-14-7-3-8-15-33)58-46(65)37(52)26-35-19-21-36(61)22-20-35/h2-10,12-17,19-22,31,37-42,61H,11,18,23-30,52H2,1H3,(H2,53,62)(H,54,68)(H,55,67)(H,56,63)(H,57,66)(H,58,65)(H,59,64)(H,70,71)/t31-,37-,38-,39-,40-,41-,42-/m0/s1. The van der Waals surface area contributed by atoms with Crippen LogP contribution in [0.15, 0.2) is 115 Å². The van der Waals surface area contributed by atoms with Gasteiger partial charge in [0.2, 0.25) is 47.3 Å². The van der Waals surface area contributed by atoms with Crippen LogP contribution in [0.5, 0.6) is 5.75 Å². The van der Waals surface area contributed by atoms with Gasteiger partial charge in [-0.1, -0.05) is 103 Å². The fourth-order valence-corrected chi connectivity index (χ4v) is 7.95. The number of hydrogen-bond donors (Lipinski definition) is 10. The number of carbonyl (C=O) groups excluding carboxylic acids is 8. The highest BCUT2D eigenvalue weighted by molar-refractivity contribution is 5.97. The molecule has 0 aliphatic carbocycles. The molecule has 0 saturated carbocycles. The van der Waals surface area contributed by atoms with Crippen LogP contribution >= 0.6 is 0 Å². The molecule has 0 unspecified atom stereocenters. The second-order valence-corrected chi connectivity index (χ2v) is 17.3. The van der Waals surface area contributed by atoms with E-state index in [9.17, 15) is 53.4 Å². The van der Waals surface area contributed by atoms with Crippen LogP contribution in [-0.2, 0) is 68.8 Å². The Kier molecular flexibility index (Phi) is 20.1. The molecule has 376 valence electrons. The molecular weight excluding hydrogens is 915 g/mol. The number of rotatable bonds is 25. The van der Waals surface area contributed by atoms with Gasteiger partial charge in [0.1, 0.15) is 42.0 Å². The van der Waals surface area contributed by atoms with Crippen LogP contribution in [0, 0.1) is 0 Å². The molecule has 1 saturated heterocycles. The first-order chi connectivity index (χ1) is 34.0. The normalized spacial score (nSPS) is 15.6. The van der Waals surface area contributed by atoms with Crippen molar-refractivity contribution in [2.45, 2.75) is 101 Å². The number of carboxylic acids is 1. The van der Waals surface area contributed by atoms with E-state index in [1.54, 1.807) is 103 Å². The lowest BCUT2D eigenvalue weighted by molar-refractivity contribution is -0.142. The molecule has 71 heavy (non-hydrogen) atoms. The number of hydrogen-bond acceptors (Lipinski definition) is 11. The number of nitrogens with one attached hydrogen (secondary N) is 6. The lowest BCUT2D eigenvalue weighted by Gasteiger charge is -2.29. The number of phenols is 1. The molecule has 20 heteroatoms. The monoisotopic (exact) mass is 975 g/mol. The largest absolute Gasteiger partial charge is 0.508 e. The van der Waals surface area contributed by atoms with Gasteiger partial charge in [-0.2, -0.15) is 0 Å². The number of nitrogens with two attached hydrogens (primary N) is 2. The smallest absolute Gasteiger partial charge is 0.326 e. The summed E-state index contributed by atoms with van der Waals surface area (Å²) in [5.74, 6) is -7.20. The van der Waals surface area contributed by atoms with Crippen molar-refractivity contribution in [3.63, 3.8) is 0 Å². The zero-order valence-corrected chi connectivity index (χ0v) is 39.3. The maximum Gasteiger partial charge on any atom is 0.326 e. The molecule has 0 radical (unpaired) electrons. The molecule has 4 aromatic carbocycles. The molecule has 7 atom stereocenters. The fraction of sp³-hybridized carbons (Fsp3) is 0.353. The Labute approximate surface area is 410 Å². The second kappa shape index (κ2) is 26.6. The minimum atomic E-state index is -1.44. The van der Waals surface area contributed by atoms with Crippen molar-refractivity contribution in [3.05, 3.63) is 138 Å². The predicted octanol–water partition coefficient (Wildman–Crippen LogP) is -0.109. The summed E-state index contributed by atoms with van der Waals surface area (Å²) in [6, 6.07) is 23.8. The molecule has 12 N–H and O–H groups in total. The van der Waals surface area contributed by atoms with E-state index in [0.717, 1.165) is 5.56 Å². The van der Waals surface area contributed by atoms with Crippen molar-refractivity contribution in [1.29, 1.82) is 0 Å². The summed E-state index contributed by atoms with van der Waals surface area (Å²) in [7, 11) is 0. The first-order valence-corrected chi connectivity index (χ1v) is 23.2. The summed E-state index contributed by atoms with van der Waals surface area (Å²) in [5.41, 5.74) is 14.4. The van der Waals surface area contributed by atoms with Gasteiger partial charge in [-0.25, -0.2) is 4.79 Å². The third-order valence-electron chi connectivity index (χ3n) is 11.8.